The lowest BCUT2D eigenvalue weighted by molar-refractivity contribution is 0.576. The van der Waals surface area contributed by atoms with Crippen molar-refractivity contribution in [3.05, 3.63) is 35.0 Å². The Morgan fingerprint density at radius 3 is 2.93 bits per heavy atom. The highest BCUT2D eigenvalue weighted by Crippen LogP contribution is 2.23. The van der Waals surface area contributed by atoms with Gasteiger partial charge in [-0.1, -0.05) is 28.1 Å². The van der Waals surface area contributed by atoms with Gasteiger partial charge < -0.3 is 9.73 Å². The Labute approximate surface area is 90.3 Å². The Morgan fingerprint density at radius 1 is 1.43 bits per heavy atom. The second-order valence-corrected chi connectivity index (χ2v) is 3.71. The molecule has 0 unspecified atom stereocenters. The van der Waals surface area contributed by atoms with E-state index < -0.39 is 0 Å². The van der Waals surface area contributed by atoms with Crippen LogP contribution in [0.1, 0.15) is 0 Å². The zero-order valence-electron chi connectivity index (χ0n) is 7.62. The van der Waals surface area contributed by atoms with Crippen molar-refractivity contribution in [3.63, 3.8) is 0 Å². The third-order valence-corrected chi connectivity index (χ3v) is 2.33. The first-order chi connectivity index (χ1) is 6.79. The van der Waals surface area contributed by atoms with Crippen molar-refractivity contribution >= 4 is 21.9 Å². The summed E-state index contributed by atoms with van der Waals surface area (Å²) in [6.07, 6.45) is 1.63. The molecule has 2 rings (SSSR count). The molecule has 1 heterocycles. The first-order valence-electron chi connectivity index (χ1n) is 4.19. The van der Waals surface area contributed by atoms with Crippen LogP contribution < -0.4 is 5.32 Å². The highest BCUT2D eigenvalue weighted by Gasteiger charge is 2.04. The molecule has 1 N–H and O–H groups in total. The van der Waals surface area contributed by atoms with Gasteiger partial charge >= 0.3 is 0 Å². The van der Waals surface area contributed by atoms with Gasteiger partial charge in [0.25, 0.3) is 6.01 Å². The molecule has 14 heavy (non-hydrogen) atoms. The molecule has 0 spiro atoms. The molecule has 0 aliphatic carbocycles. The highest BCUT2D eigenvalue weighted by molar-refractivity contribution is 9.10. The van der Waals surface area contributed by atoms with Gasteiger partial charge in [-0.2, -0.15) is 4.98 Å². The van der Waals surface area contributed by atoms with E-state index in [0.717, 1.165) is 15.7 Å². The van der Waals surface area contributed by atoms with Crippen LogP contribution in [0.5, 0.6) is 0 Å². The number of rotatable bonds is 2. The summed E-state index contributed by atoms with van der Waals surface area (Å²) in [5.74, 6) is 0. The van der Waals surface area contributed by atoms with E-state index in [1.54, 1.807) is 13.3 Å². The van der Waals surface area contributed by atoms with Gasteiger partial charge in [0, 0.05) is 17.1 Å². The fourth-order valence-electron chi connectivity index (χ4n) is 1.17. The van der Waals surface area contributed by atoms with Crippen molar-refractivity contribution in [1.82, 2.24) is 4.98 Å². The summed E-state index contributed by atoms with van der Waals surface area (Å²) in [7, 11) is 1.77. The molecule has 0 saturated heterocycles. The molecule has 2 aromatic rings. The third kappa shape index (κ3) is 1.80. The monoisotopic (exact) mass is 252 g/mol. The van der Waals surface area contributed by atoms with Gasteiger partial charge in [0.2, 0.25) is 0 Å². The van der Waals surface area contributed by atoms with E-state index in [9.17, 15) is 0 Å². The highest BCUT2D eigenvalue weighted by atomic mass is 79.9. The fourth-order valence-corrected chi connectivity index (χ4v) is 1.57. The molecule has 0 amide bonds. The van der Waals surface area contributed by atoms with Gasteiger partial charge in [-0.15, -0.1) is 0 Å². The minimum Gasteiger partial charge on any atom is -0.432 e. The van der Waals surface area contributed by atoms with Gasteiger partial charge in [0.15, 0.2) is 0 Å². The van der Waals surface area contributed by atoms with Gasteiger partial charge in [-0.25, -0.2) is 0 Å². The molecule has 3 nitrogen and oxygen atoms in total. The first kappa shape index (κ1) is 9.27. The topological polar surface area (TPSA) is 38.1 Å². The number of halogens is 1. The predicted molar refractivity (Wildman–Crippen MR) is 59.2 cm³/mol. The largest absolute Gasteiger partial charge is 0.432 e. The fraction of sp³-hybridized carbons (Fsp3) is 0.100. The van der Waals surface area contributed by atoms with Gasteiger partial charge in [-0.3, -0.25) is 0 Å². The lowest BCUT2D eigenvalue weighted by atomic mass is 10.2. The van der Waals surface area contributed by atoms with Crippen molar-refractivity contribution in [1.29, 1.82) is 0 Å². The van der Waals surface area contributed by atoms with Crippen LogP contribution in [0.4, 0.5) is 6.01 Å². The van der Waals surface area contributed by atoms with E-state index in [0.29, 0.717) is 6.01 Å². The molecule has 1 aromatic heterocycles. The van der Waals surface area contributed by atoms with Crippen LogP contribution >= 0.6 is 15.9 Å². The summed E-state index contributed by atoms with van der Waals surface area (Å²) in [6, 6.07) is 8.45. The third-order valence-electron chi connectivity index (χ3n) is 1.84. The number of hydrogen-bond acceptors (Lipinski definition) is 3. The number of hydrogen-bond donors (Lipinski definition) is 1. The summed E-state index contributed by atoms with van der Waals surface area (Å²) in [6.45, 7) is 0. The van der Waals surface area contributed by atoms with Gasteiger partial charge in [0.1, 0.15) is 12.0 Å². The average molecular weight is 253 g/mol. The Kier molecular flexibility index (Phi) is 2.54. The number of nitrogens with zero attached hydrogens (tertiary/aromatic N) is 1. The smallest absolute Gasteiger partial charge is 0.294 e. The first-order valence-corrected chi connectivity index (χ1v) is 4.98. The Hall–Kier alpha value is -1.29. The molecule has 0 aliphatic rings. The Morgan fingerprint density at radius 2 is 2.29 bits per heavy atom. The molecular formula is C10H9BrN2O. The minimum atomic E-state index is 0.528. The molecular weight excluding hydrogens is 244 g/mol. The standard InChI is InChI=1S/C10H9BrN2O/c1-12-10-13-9(6-14-10)7-3-2-4-8(11)5-7/h2-6H,1H3,(H,12,13). The van der Waals surface area contributed by atoms with Crippen molar-refractivity contribution in [3.8, 4) is 11.3 Å². The SMILES string of the molecule is CNc1nc(-c2cccc(Br)c2)co1. The summed E-state index contributed by atoms with van der Waals surface area (Å²) < 4.78 is 6.20. The van der Waals surface area contributed by atoms with Crippen molar-refractivity contribution in [2.75, 3.05) is 12.4 Å². The van der Waals surface area contributed by atoms with Crippen LogP contribution in [0.15, 0.2) is 39.4 Å². The summed E-state index contributed by atoms with van der Waals surface area (Å²) >= 11 is 3.41. The van der Waals surface area contributed by atoms with Crippen LogP contribution in [0.3, 0.4) is 0 Å². The summed E-state index contributed by atoms with van der Waals surface area (Å²) in [4.78, 5) is 4.24. The predicted octanol–water partition coefficient (Wildman–Crippen LogP) is 3.15. The van der Waals surface area contributed by atoms with E-state index >= 15 is 0 Å². The van der Waals surface area contributed by atoms with E-state index in [2.05, 4.69) is 26.2 Å². The van der Waals surface area contributed by atoms with Crippen LogP contribution in [0, 0.1) is 0 Å². The molecule has 0 aliphatic heterocycles. The lowest BCUT2D eigenvalue weighted by Crippen LogP contribution is -1.86. The maximum Gasteiger partial charge on any atom is 0.294 e. The number of benzene rings is 1. The molecule has 0 atom stereocenters. The average Bonchev–Trinajstić information content (AvgIpc) is 2.66. The van der Waals surface area contributed by atoms with E-state index in [-0.39, 0.29) is 0 Å². The molecule has 0 fully saturated rings. The Bertz CT molecular complexity index is 439. The summed E-state index contributed by atoms with van der Waals surface area (Å²) in [5, 5.41) is 2.84. The molecule has 72 valence electrons. The van der Waals surface area contributed by atoms with Crippen LogP contribution in [0.2, 0.25) is 0 Å². The molecule has 1 aromatic carbocycles. The van der Waals surface area contributed by atoms with Crippen molar-refractivity contribution in [2.24, 2.45) is 0 Å². The van der Waals surface area contributed by atoms with Gasteiger partial charge in [-0.05, 0) is 12.1 Å². The van der Waals surface area contributed by atoms with Crippen molar-refractivity contribution < 1.29 is 4.42 Å². The normalized spacial score (nSPS) is 10.1. The number of oxazole rings is 1. The molecule has 4 heteroatoms. The zero-order chi connectivity index (χ0) is 9.97. The molecule has 0 radical (unpaired) electrons. The maximum absolute atomic E-state index is 5.17. The lowest BCUT2D eigenvalue weighted by Gasteiger charge is -1.95. The van der Waals surface area contributed by atoms with Crippen molar-refractivity contribution in [2.45, 2.75) is 0 Å². The number of anilines is 1. The second-order valence-electron chi connectivity index (χ2n) is 2.80. The molecule has 0 saturated carbocycles. The molecule has 0 bridgehead atoms. The quantitative estimate of drug-likeness (QED) is 0.893. The minimum absolute atomic E-state index is 0.528. The van der Waals surface area contributed by atoms with E-state index in [4.69, 9.17) is 4.42 Å². The van der Waals surface area contributed by atoms with Crippen LogP contribution in [-0.2, 0) is 0 Å². The second kappa shape index (κ2) is 3.84. The maximum atomic E-state index is 5.17. The van der Waals surface area contributed by atoms with Gasteiger partial charge in [0.05, 0.1) is 0 Å². The van der Waals surface area contributed by atoms with Crippen LogP contribution in [0.25, 0.3) is 11.3 Å². The zero-order valence-corrected chi connectivity index (χ0v) is 9.21. The summed E-state index contributed by atoms with van der Waals surface area (Å²) in [5.41, 5.74) is 1.86. The number of nitrogens with one attached hydrogen (secondary N) is 1. The van der Waals surface area contributed by atoms with E-state index in [1.165, 1.54) is 0 Å². The Balaban J connectivity index is 2.39. The van der Waals surface area contributed by atoms with E-state index in [1.807, 2.05) is 24.3 Å². The number of aromatic nitrogens is 1. The van der Waals surface area contributed by atoms with Crippen LogP contribution in [-0.4, -0.2) is 12.0 Å².